The van der Waals surface area contributed by atoms with Gasteiger partial charge in [-0.05, 0) is 78.9 Å². The van der Waals surface area contributed by atoms with Gasteiger partial charge in [0.15, 0.2) is 5.11 Å². The van der Waals surface area contributed by atoms with Gasteiger partial charge < -0.3 is 20.7 Å². The largest absolute Gasteiger partial charge is 0.440 e. The van der Waals surface area contributed by atoms with Crippen LogP contribution < -0.4 is 20.7 Å². The van der Waals surface area contributed by atoms with Crippen molar-refractivity contribution >= 4 is 63.5 Å². The number of ether oxygens (including phenoxy) is 1. The molecule has 1 amide bonds. The first-order chi connectivity index (χ1) is 16.4. The number of carbonyl (C=O) groups excluding carboxylic acids is 1. The van der Waals surface area contributed by atoms with E-state index in [4.69, 9.17) is 40.2 Å². The van der Waals surface area contributed by atoms with Crippen LogP contribution in [0.3, 0.4) is 0 Å². The van der Waals surface area contributed by atoms with Crippen molar-refractivity contribution in [3.63, 3.8) is 0 Å². The summed E-state index contributed by atoms with van der Waals surface area (Å²) >= 11 is 18.0. The zero-order valence-corrected chi connectivity index (χ0v) is 20.3. The molecule has 0 radical (unpaired) electrons. The van der Waals surface area contributed by atoms with E-state index >= 15 is 0 Å². The van der Waals surface area contributed by atoms with Crippen LogP contribution in [-0.2, 0) is 4.79 Å². The molecule has 0 spiro atoms. The number of carbonyl (C=O) groups is 1. The Morgan fingerprint density at radius 2 is 1.47 bits per heavy atom. The standard InChI is InChI=1S/C25H20Cl2N4O2S/c1-16(32)28-18-8-10-19(11-9-18)29-25(34)30-21-4-2-3-5-22(21)31-23(27)14-15-24(31)33-20-12-6-17(26)7-13-20/h2-15H,1H3,(H,28,32)(H2,29,30,34). The minimum atomic E-state index is -0.127. The summed E-state index contributed by atoms with van der Waals surface area (Å²) in [4.78, 5) is 11.2. The predicted molar refractivity (Wildman–Crippen MR) is 143 cm³/mol. The van der Waals surface area contributed by atoms with Crippen LogP contribution in [0.4, 0.5) is 17.1 Å². The van der Waals surface area contributed by atoms with E-state index in [9.17, 15) is 4.79 Å². The number of thiocarbonyl (C=S) groups is 1. The maximum atomic E-state index is 11.2. The number of benzene rings is 3. The Bertz CT molecular complexity index is 1320. The highest BCUT2D eigenvalue weighted by molar-refractivity contribution is 7.80. The van der Waals surface area contributed by atoms with E-state index in [0.717, 1.165) is 17.1 Å². The van der Waals surface area contributed by atoms with Crippen LogP contribution in [0.5, 0.6) is 11.6 Å². The Labute approximate surface area is 212 Å². The van der Waals surface area contributed by atoms with E-state index in [0.29, 0.717) is 32.6 Å². The highest BCUT2D eigenvalue weighted by atomic mass is 35.5. The summed E-state index contributed by atoms with van der Waals surface area (Å²) in [6.45, 7) is 1.46. The molecule has 0 aliphatic rings. The molecular weight excluding hydrogens is 491 g/mol. The lowest BCUT2D eigenvalue weighted by Gasteiger charge is -2.17. The summed E-state index contributed by atoms with van der Waals surface area (Å²) in [5.74, 6) is 1.04. The zero-order chi connectivity index (χ0) is 24.1. The van der Waals surface area contributed by atoms with Crippen LogP contribution in [0.15, 0.2) is 84.9 Å². The lowest BCUT2D eigenvalue weighted by molar-refractivity contribution is -0.114. The minimum absolute atomic E-state index is 0.127. The Morgan fingerprint density at radius 1 is 0.824 bits per heavy atom. The number of hydrogen-bond acceptors (Lipinski definition) is 3. The summed E-state index contributed by atoms with van der Waals surface area (Å²) in [5.41, 5.74) is 2.97. The van der Waals surface area contributed by atoms with Gasteiger partial charge in [0.25, 0.3) is 0 Å². The molecule has 172 valence electrons. The quantitative estimate of drug-likeness (QED) is 0.236. The van der Waals surface area contributed by atoms with Crippen molar-refractivity contribution in [3.05, 3.63) is 95.1 Å². The molecule has 6 nitrogen and oxygen atoms in total. The molecule has 1 aromatic heterocycles. The molecule has 0 fully saturated rings. The molecule has 0 unspecified atom stereocenters. The second kappa shape index (κ2) is 10.6. The fourth-order valence-electron chi connectivity index (χ4n) is 3.23. The normalized spacial score (nSPS) is 10.4. The summed E-state index contributed by atoms with van der Waals surface area (Å²) < 4.78 is 7.83. The lowest BCUT2D eigenvalue weighted by Crippen LogP contribution is -2.20. The Kier molecular flexibility index (Phi) is 7.37. The van der Waals surface area contributed by atoms with E-state index in [2.05, 4.69) is 16.0 Å². The highest BCUT2D eigenvalue weighted by Gasteiger charge is 2.15. The average molecular weight is 511 g/mol. The molecule has 0 saturated heterocycles. The number of aromatic nitrogens is 1. The molecular formula is C25H20Cl2N4O2S. The van der Waals surface area contributed by atoms with Crippen molar-refractivity contribution < 1.29 is 9.53 Å². The van der Waals surface area contributed by atoms with Gasteiger partial charge in [0.05, 0.1) is 11.4 Å². The van der Waals surface area contributed by atoms with Gasteiger partial charge in [0.1, 0.15) is 10.9 Å². The molecule has 0 aliphatic heterocycles. The van der Waals surface area contributed by atoms with Crippen molar-refractivity contribution in [1.29, 1.82) is 0 Å². The molecule has 0 atom stereocenters. The van der Waals surface area contributed by atoms with Gasteiger partial charge in [0.2, 0.25) is 11.8 Å². The average Bonchev–Trinajstić information content (AvgIpc) is 3.16. The van der Waals surface area contributed by atoms with Crippen LogP contribution in [0.2, 0.25) is 10.2 Å². The van der Waals surface area contributed by atoms with Crippen molar-refractivity contribution in [2.75, 3.05) is 16.0 Å². The summed E-state index contributed by atoms with van der Waals surface area (Å²) in [6, 6.07) is 25.5. The molecule has 0 saturated carbocycles. The van der Waals surface area contributed by atoms with E-state index < -0.39 is 0 Å². The minimum Gasteiger partial charge on any atom is -0.440 e. The number of nitrogens with one attached hydrogen (secondary N) is 3. The third-order valence-electron chi connectivity index (χ3n) is 4.69. The lowest BCUT2D eigenvalue weighted by atomic mass is 10.2. The molecule has 3 N–H and O–H groups in total. The van der Waals surface area contributed by atoms with Crippen LogP contribution in [0, 0.1) is 0 Å². The smallest absolute Gasteiger partial charge is 0.221 e. The van der Waals surface area contributed by atoms with Crippen molar-refractivity contribution in [2.24, 2.45) is 0 Å². The second-order valence-corrected chi connectivity index (χ2v) is 8.47. The third-order valence-corrected chi connectivity index (χ3v) is 5.44. The summed E-state index contributed by atoms with van der Waals surface area (Å²) in [7, 11) is 0. The first-order valence-corrected chi connectivity index (χ1v) is 11.4. The Morgan fingerprint density at radius 3 is 2.15 bits per heavy atom. The number of rotatable bonds is 6. The molecule has 4 rings (SSSR count). The van der Waals surface area contributed by atoms with E-state index in [1.54, 1.807) is 53.1 Å². The van der Waals surface area contributed by atoms with Crippen molar-refractivity contribution in [1.82, 2.24) is 4.57 Å². The number of hydrogen-bond donors (Lipinski definition) is 3. The molecule has 4 aromatic rings. The SMILES string of the molecule is CC(=O)Nc1ccc(NC(=S)Nc2ccccc2-n2c(Cl)ccc2Oc2ccc(Cl)cc2)cc1. The van der Waals surface area contributed by atoms with Gasteiger partial charge in [-0.2, -0.15) is 0 Å². The molecule has 9 heteroatoms. The third kappa shape index (κ3) is 5.88. The fraction of sp³-hybridized carbons (Fsp3) is 0.0400. The van der Waals surface area contributed by atoms with Gasteiger partial charge in [-0.1, -0.05) is 35.3 Å². The first-order valence-electron chi connectivity index (χ1n) is 10.2. The Hall–Kier alpha value is -3.52. The van der Waals surface area contributed by atoms with E-state index in [1.807, 2.05) is 36.4 Å². The van der Waals surface area contributed by atoms with Crippen LogP contribution in [0.1, 0.15) is 6.92 Å². The summed E-state index contributed by atoms with van der Waals surface area (Å²) in [5, 5.41) is 10.6. The second-order valence-electron chi connectivity index (χ2n) is 7.24. The molecule has 1 heterocycles. The maximum absolute atomic E-state index is 11.2. The van der Waals surface area contributed by atoms with Crippen molar-refractivity contribution in [3.8, 4) is 17.3 Å². The number of halogens is 2. The molecule has 3 aromatic carbocycles. The zero-order valence-electron chi connectivity index (χ0n) is 18.0. The van der Waals surface area contributed by atoms with Gasteiger partial charge in [0, 0.05) is 29.4 Å². The predicted octanol–water partition coefficient (Wildman–Crippen LogP) is 7.34. The van der Waals surface area contributed by atoms with Crippen molar-refractivity contribution in [2.45, 2.75) is 6.92 Å². The number of para-hydroxylation sites is 2. The van der Waals surface area contributed by atoms with Gasteiger partial charge in [-0.15, -0.1) is 0 Å². The van der Waals surface area contributed by atoms with E-state index in [1.165, 1.54) is 6.92 Å². The van der Waals surface area contributed by atoms with Crippen LogP contribution >= 0.6 is 35.4 Å². The van der Waals surface area contributed by atoms with Crippen LogP contribution in [0.25, 0.3) is 5.69 Å². The number of anilines is 3. The molecule has 34 heavy (non-hydrogen) atoms. The van der Waals surface area contributed by atoms with E-state index in [-0.39, 0.29) is 5.91 Å². The number of amides is 1. The van der Waals surface area contributed by atoms with Gasteiger partial charge in [-0.3, -0.25) is 9.36 Å². The van der Waals surface area contributed by atoms with Gasteiger partial charge >= 0.3 is 0 Å². The molecule has 0 aliphatic carbocycles. The highest BCUT2D eigenvalue weighted by Crippen LogP contribution is 2.34. The van der Waals surface area contributed by atoms with Gasteiger partial charge in [-0.25, -0.2) is 0 Å². The number of nitrogens with zero attached hydrogens (tertiary/aromatic N) is 1. The Balaban J connectivity index is 1.53. The first kappa shape index (κ1) is 23.6. The topological polar surface area (TPSA) is 67.3 Å². The summed E-state index contributed by atoms with van der Waals surface area (Å²) in [6.07, 6.45) is 0. The maximum Gasteiger partial charge on any atom is 0.221 e. The van der Waals surface area contributed by atoms with Crippen LogP contribution in [-0.4, -0.2) is 15.6 Å². The fourth-order valence-corrected chi connectivity index (χ4v) is 3.82. The monoisotopic (exact) mass is 510 g/mol. The molecule has 0 bridgehead atoms.